The van der Waals surface area contributed by atoms with Gasteiger partial charge in [0.2, 0.25) is 5.91 Å². The molecule has 1 aliphatic rings. The quantitative estimate of drug-likeness (QED) is 0.575. The molecule has 10 heteroatoms. The van der Waals surface area contributed by atoms with Crippen LogP contribution in [0, 0.1) is 5.92 Å². The molecule has 0 spiro atoms. The Balaban J connectivity index is 1.46. The third-order valence-corrected chi connectivity index (χ3v) is 5.05. The zero-order valence-corrected chi connectivity index (χ0v) is 18.2. The molecule has 9 nitrogen and oxygen atoms in total. The van der Waals surface area contributed by atoms with Crippen molar-refractivity contribution in [2.24, 2.45) is 5.92 Å². The van der Waals surface area contributed by atoms with Crippen molar-refractivity contribution in [3.63, 3.8) is 0 Å². The van der Waals surface area contributed by atoms with Gasteiger partial charge in [-0.3, -0.25) is 29.6 Å². The maximum Gasteiger partial charge on any atom is 0.311 e. The Hall–Kier alpha value is -3.40. The van der Waals surface area contributed by atoms with E-state index < -0.39 is 36.2 Å². The number of hydrazine groups is 1. The van der Waals surface area contributed by atoms with Gasteiger partial charge in [0.25, 0.3) is 11.8 Å². The number of ether oxygens (including phenoxy) is 2. The number of methoxy groups -OCH3 is 1. The molecule has 3 amide bonds. The molecule has 2 N–H and O–H groups in total. The van der Waals surface area contributed by atoms with E-state index in [2.05, 4.69) is 26.7 Å². The zero-order valence-electron chi connectivity index (χ0n) is 16.6. The number of benzene rings is 2. The van der Waals surface area contributed by atoms with Crippen LogP contribution in [-0.2, 0) is 19.1 Å². The molecule has 162 valence electrons. The summed E-state index contributed by atoms with van der Waals surface area (Å²) in [5.74, 6) is -2.19. The van der Waals surface area contributed by atoms with Crippen LogP contribution in [0.1, 0.15) is 16.8 Å². The Labute approximate surface area is 186 Å². The van der Waals surface area contributed by atoms with E-state index in [9.17, 15) is 19.2 Å². The van der Waals surface area contributed by atoms with Crippen molar-refractivity contribution in [1.82, 2.24) is 10.4 Å². The van der Waals surface area contributed by atoms with Crippen LogP contribution in [0.3, 0.4) is 0 Å². The summed E-state index contributed by atoms with van der Waals surface area (Å²) in [4.78, 5) is 48.7. The Morgan fingerprint density at radius 1 is 1.10 bits per heavy atom. The summed E-state index contributed by atoms with van der Waals surface area (Å²) in [5, 5.41) is 3.69. The topological polar surface area (TPSA) is 114 Å². The highest BCUT2D eigenvalue weighted by molar-refractivity contribution is 9.10. The smallest absolute Gasteiger partial charge is 0.311 e. The number of rotatable bonds is 7. The van der Waals surface area contributed by atoms with E-state index in [1.807, 2.05) is 0 Å². The summed E-state index contributed by atoms with van der Waals surface area (Å²) in [6.45, 7) is -0.513. The Morgan fingerprint density at radius 2 is 1.77 bits per heavy atom. The highest BCUT2D eigenvalue weighted by Gasteiger charge is 2.36. The van der Waals surface area contributed by atoms with E-state index in [1.165, 1.54) is 7.11 Å². The lowest BCUT2D eigenvalue weighted by Crippen LogP contribution is -2.43. The fourth-order valence-corrected chi connectivity index (χ4v) is 3.15. The number of anilines is 1. The molecule has 1 heterocycles. The number of nitrogens with zero attached hydrogens (tertiary/aromatic N) is 1. The minimum Gasteiger partial charge on any atom is -0.497 e. The van der Waals surface area contributed by atoms with E-state index in [4.69, 9.17) is 9.47 Å². The van der Waals surface area contributed by atoms with Gasteiger partial charge in [-0.25, -0.2) is 0 Å². The van der Waals surface area contributed by atoms with Crippen molar-refractivity contribution in [2.75, 3.05) is 25.6 Å². The average Bonchev–Trinajstić information content (AvgIpc) is 3.13. The fraction of sp³-hybridized carbons (Fsp3) is 0.238. The van der Waals surface area contributed by atoms with Crippen LogP contribution < -0.4 is 15.5 Å². The van der Waals surface area contributed by atoms with Crippen molar-refractivity contribution in [1.29, 1.82) is 0 Å². The molecule has 1 aliphatic heterocycles. The molecule has 0 bridgehead atoms. The SMILES string of the molecule is COc1ccc(NC(=O)COC(=O)[C@H]2CC(=O)N(NC(=O)c3ccc(Br)cc3)C2)cc1. The van der Waals surface area contributed by atoms with Gasteiger partial charge in [0, 0.05) is 22.1 Å². The second kappa shape index (κ2) is 10.1. The average molecular weight is 490 g/mol. The number of carbonyl (C=O) groups excluding carboxylic acids is 4. The van der Waals surface area contributed by atoms with Crippen LogP contribution >= 0.6 is 15.9 Å². The molecule has 1 saturated heterocycles. The first-order chi connectivity index (χ1) is 14.9. The van der Waals surface area contributed by atoms with Gasteiger partial charge in [-0.2, -0.15) is 0 Å². The van der Waals surface area contributed by atoms with Crippen LogP contribution in [0.4, 0.5) is 5.69 Å². The summed E-state index contributed by atoms with van der Waals surface area (Å²) < 4.78 is 10.9. The lowest BCUT2D eigenvalue weighted by Gasteiger charge is -2.17. The van der Waals surface area contributed by atoms with Gasteiger partial charge in [0.1, 0.15) is 5.75 Å². The van der Waals surface area contributed by atoms with Crippen LogP contribution in [0.2, 0.25) is 0 Å². The monoisotopic (exact) mass is 489 g/mol. The van der Waals surface area contributed by atoms with E-state index in [1.54, 1.807) is 48.5 Å². The molecule has 1 fully saturated rings. The van der Waals surface area contributed by atoms with Gasteiger partial charge >= 0.3 is 5.97 Å². The highest BCUT2D eigenvalue weighted by Crippen LogP contribution is 2.19. The van der Waals surface area contributed by atoms with Crippen molar-refractivity contribution in [3.05, 3.63) is 58.6 Å². The maximum atomic E-state index is 12.3. The third kappa shape index (κ3) is 6.05. The predicted molar refractivity (Wildman–Crippen MR) is 114 cm³/mol. The first kappa shape index (κ1) is 22.3. The Bertz CT molecular complexity index is 978. The highest BCUT2D eigenvalue weighted by atomic mass is 79.9. The third-order valence-electron chi connectivity index (χ3n) is 4.52. The summed E-state index contributed by atoms with van der Waals surface area (Å²) in [6, 6.07) is 13.3. The number of esters is 1. The molecular weight excluding hydrogens is 470 g/mol. The van der Waals surface area contributed by atoms with E-state index in [0.717, 1.165) is 9.48 Å². The first-order valence-electron chi connectivity index (χ1n) is 9.33. The van der Waals surface area contributed by atoms with Crippen LogP contribution in [-0.4, -0.2) is 49.0 Å². The first-order valence-corrected chi connectivity index (χ1v) is 10.1. The van der Waals surface area contributed by atoms with Crippen molar-refractivity contribution < 1.29 is 28.7 Å². The van der Waals surface area contributed by atoms with Gasteiger partial charge in [0.15, 0.2) is 6.61 Å². The Kier molecular flexibility index (Phi) is 7.24. The van der Waals surface area contributed by atoms with Crippen molar-refractivity contribution in [3.8, 4) is 5.75 Å². The van der Waals surface area contributed by atoms with Gasteiger partial charge in [-0.05, 0) is 48.5 Å². The standard InChI is InChI=1S/C21H20BrN3O6/c1-30-17-8-6-16(7-9-17)23-18(26)12-31-21(29)14-10-19(27)25(11-14)24-20(28)13-2-4-15(22)5-3-13/h2-9,14H,10-12H2,1H3,(H,23,26)(H,24,28)/t14-/m0/s1. The summed E-state index contributed by atoms with van der Waals surface area (Å²) in [7, 11) is 1.54. The molecule has 0 radical (unpaired) electrons. The lowest BCUT2D eigenvalue weighted by atomic mass is 10.1. The summed E-state index contributed by atoms with van der Waals surface area (Å²) in [5.41, 5.74) is 3.39. The van der Waals surface area contributed by atoms with E-state index in [-0.39, 0.29) is 13.0 Å². The number of amides is 3. The number of halogens is 1. The van der Waals surface area contributed by atoms with E-state index in [0.29, 0.717) is 17.0 Å². The normalized spacial score (nSPS) is 15.4. The fourth-order valence-electron chi connectivity index (χ4n) is 2.89. The number of hydrogen-bond donors (Lipinski definition) is 2. The van der Waals surface area contributed by atoms with Gasteiger partial charge in [-0.1, -0.05) is 15.9 Å². The zero-order chi connectivity index (χ0) is 22.4. The number of carbonyl (C=O) groups is 4. The molecule has 0 saturated carbocycles. The molecule has 0 aliphatic carbocycles. The van der Waals surface area contributed by atoms with Gasteiger partial charge < -0.3 is 14.8 Å². The molecule has 2 aromatic carbocycles. The molecule has 31 heavy (non-hydrogen) atoms. The van der Waals surface area contributed by atoms with Crippen LogP contribution in [0.15, 0.2) is 53.0 Å². The minimum atomic E-state index is -0.772. The van der Waals surface area contributed by atoms with Gasteiger partial charge in [-0.15, -0.1) is 0 Å². The molecule has 0 unspecified atom stereocenters. The molecule has 1 atom stereocenters. The minimum absolute atomic E-state index is 0.0277. The number of nitrogens with one attached hydrogen (secondary N) is 2. The maximum absolute atomic E-state index is 12.3. The summed E-state index contributed by atoms with van der Waals surface area (Å²) in [6.07, 6.45) is -0.112. The van der Waals surface area contributed by atoms with Crippen LogP contribution in [0.25, 0.3) is 0 Å². The second-order valence-electron chi connectivity index (χ2n) is 6.74. The largest absolute Gasteiger partial charge is 0.497 e. The van der Waals surface area contributed by atoms with Gasteiger partial charge in [0.05, 0.1) is 19.6 Å². The lowest BCUT2D eigenvalue weighted by molar-refractivity contribution is -0.151. The summed E-state index contributed by atoms with van der Waals surface area (Å²) >= 11 is 3.28. The van der Waals surface area contributed by atoms with Crippen molar-refractivity contribution in [2.45, 2.75) is 6.42 Å². The molecule has 3 rings (SSSR count). The second-order valence-corrected chi connectivity index (χ2v) is 7.65. The molecule has 0 aromatic heterocycles. The molecule has 2 aromatic rings. The molecular formula is C21H20BrN3O6. The van der Waals surface area contributed by atoms with E-state index >= 15 is 0 Å². The van der Waals surface area contributed by atoms with Crippen LogP contribution in [0.5, 0.6) is 5.75 Å². The van der Waals surface area contributed by atoms with Crippen molar-refractivity contribution >= 4 is 45.3 Å². The predicted octanol–water partition coefficient (Wildman–Crippen LogP) is 2.13. The number of hydrogen-bond acceptors (Lipinski definition) is 6. The Morgan fingerprint density at radius 3 is 2.42 bits per heavy atom.